The number of hydrogen-bond acceptors (Lipinski definition) is 4. The highest BCUT2D eigenvalue weighted by Gasteiger charge is 2.08. The summed E-state index contributed by atoms with van der Waals surface area (Å²) in [5, 5.41) is 3.36. The Balaban J connectivity index is 2.55. The molecule has 1 aromatic carbocycles. The molecule has 0 aliphatic heterocycles. The van der Waals surface area contributed by atoms with E-state index in [1.807, 2.05) is 19.1 Å². The fourth-order valence-electron chi connectivity index (χ4n) is 1.81. The lowest BCUT2D eigenvalue weighted by Gasteiger charge is -2.14. The lowest BCUT2D eigenvalue weighted by atomic mass is 10.1. The van der Waals surface area contributed by atoms with Crippen LogP contribution >= 0.6 is 0 Å². The maximum atomic E-state index is 11.6. The van der Waals surface area contributed by atoms with Gasteiger partial charge in [-0.2, -0.15) is 0 Å². The number of ether oxygens (including phenoxy) is 2. The van der Waals surface area contributed by atoms with Gasteiger partial charge in [0.1, 0.15) is 5.75 Å². The Bertz CT molecular complexity index is 444. The molecule has 4 nitrogen and oxygen atoms in total. The van der Waals surface area contributed by atoms with Crippen molar-refractivity contribution in [2.24, 2.45) is 0 Å². The Morgan fingerprint density at radius 2 is 2.10 bits per heavy atom. The first kappa shape index (κ1) is 17.5. The summed E-state index contributed by atoms with van der Waals surface area (Å²) in [5.41, 5.74) is 2.23. The zero-order valence-electron chi connectivity index (χ0n) is 13.6. The van der Waals surface area contributed by atoms with Crippen LogP contribution in [0.4, 0.5) is 0 Å². The molecule has 21 heavy (non-hydrogen) atoms. The van der Waals surface area contributed by atoms with Crippen molar-refractivity contribution in [3.05, 3.63) is 29.3 Å². The minimum atomic E-state index is -0.313. The Hall–Kier alpha value is -1.55. The summed E-state index contributed by atoms with van der Waals surface area (Å²) in [7, 11) is 0. The summed E-state index contributed by atoms with van der Waals surface area (Å²) in [6, 6.07) is 6.37. The molecule has 0 aromatic heterocycles. The molecule has 1 aromatic rings. The molecule has 0 aliphatic carbocycles. The first-order valence-electron chi connectivity index (χ1n) is 7.64. The molecule has 0 radical (unpaired) electrons. The van der Waals surface area contributed by atoms with Crippen molar-refractivity contribution in [1.82, 2.24) is 5.32 Å². The lowest BCUT2D eigenvalue weighted by molar-refractivity contribution is -0.146. The van der Waals surface area contributed by atoms with Gasteiger partial charge in [-0.3, -0.25) is 0 Å². The minimum Gasteiger partial charge on any atom is -0.482 e. The molecule has 0 spiro atoms. The van der Waals surface area contributed by atoms with Crippen molar-refractivity contribution in [2.75, 3.05) is 13.2 Å². The average molecular weight is 293 g/mol. The van der Waals surface area contributed by atoms with Crippen molar-refractivity contribution >= 4 is 5.97 Å². The minimum absolute atomic E-state index is 0.0402. The van der Waals surface area contributed by atoms with Crippen LogP contribution in [-0.2, 0) is 16.1 Å². The van der Waals surface area contributed by atoms with Gasteiger partial charge in [-0.15, -0.1) is 0 Å². The van der Waals surface area contributed by atoms with E-state index in [0.717, 1.165) is 30.7 Å². The second-order valence-electron chi connectivity index (χ2n) is 5.51. The van der Waals surface area contributed by atoms with Gasteiger partial charge in [-0.05, 0) is 19.4 Å². The quantitative estimate of drug-likeness (QED) is 0.561. The Morgan fingerprint density at radius 3 is 2.76 bits per heavy atom. The molecule has 1 N–H and O–H groups in total. The van der Waals surface area contributed by atoms with Gasteiger partial charge in [-0.25, -0.2) is 4.79 Å². The Kier molecular flexibility index (Phi) is 7.83. The third-order valence-electron chi connectivity index (χ3n) is 3.02. The number of rotatable bonds is 9. The maximum absolute atomic E-state index is 11.6. The smallest absolute Gasteiger partial charge is 0.344 e. The number of benzene rings is 1. The molecule has 0 fully saturated rings. The number of unbranched alkanes of at least 4 members (excludes halogenated alkanes) is 1. The van der Waals surface area contributed by atoms with Crippen LogP contribution < -0.4 is 10.1 Å². The molecule has 0 bridgehead atoms. The number of hydrogen-bond donors (Lipinski definition) is 1. The predicted octanol–water partition coefficient (Wildman–Crippen LogP) is 3.22. The summed E-state index contributed by atoms with van der Waals surface area (Å²) >= 11 is 0. The normalized spacial score (nSPS) is 10.7. The third kappa shape index (κ3) is 7.14. The zero-order valence-corrected chi connectivity index (χ0v) is 13.6. The van der Waals surface area contributed by atoms with Crippen LogP contribution in [0.15, 0.2) is 18.2 Å². The van der Waals surface area contributed by atoms with Crippen molar-refractivity contribution in [2.45, 2.75) is 53.1 Å². The number of nitrogens with one attached hydrogen (secondary N) is 1. The maximum Gasteiger partial charge on any atom is 0.344 e. The summed E-state index contributed by atoms with van der Waals surface area (Å²) < 4.78 is 10.7. The van der Waals surface area contributed by atoms with Gasteiger partial charge in [0.05, 0.1) is 6.61 Å². The van der Waals surface area contributed by atoms with Crippen LogP contribution in [-0.4, -0.2) is 25.2 Å². The zero-order chi connectivity index (χ0) is 15.7. The summed E-state index contributed by atoms with van der Waals surface area (Å²) in [6.07, 6.45) is 1.90. The summed E-state index contributed by atoms with van der Waals surface area (Å²) in [6.45, 7) is 9.45. The van der Waals surface area contributed by atoms with Crippen LogP contribution in [0.2, 0.25) is 0 Å². The van der Waals surface area contributed by atoms with E-state index < -0.39 is 0 Å². The number of aryl methyl sites for hydroxylation is 1. The largest absolute Gasteiger partial charge is 0.482 e. The number of carbonyl (C=O) groups excluding carboxylic acids is 1. The third-order valence-corrected chi connectivity index (χ3v) is 3.02. The Labute approximate surface area is 127 Å². The molecular formula is C17H27NO3. The molecule has 0 heterocycles. The van der Waals surface area contributed by atoms with Crippen LogP contribution in [0.3, 0.4) is 0 Å². The van der Waals surface area contributed by atoms with E-state index in [9.17, 15) is 4.79 Å². The Morgan fingerprint density at radius 1 is 1.33 bits per heavy atom. The van der Waals surface area contributed by atoms with Gasteiger partial charge in [-0.1, -0.05) is 44.9 Å². The fourth-order valence-corrected chi connectivity index (χ4v) is 1.81. The van der Waals surface area contributed by atoms with Crippen LogP contribution in [0.25, 0.3) is 0 Å². The molecular weight excluding hydrogens is 266 g/mol. The molecule has 4 heteroatoms. The molecule has 0 unspecified atom stereocenters. The van der Waals surface area contributed by atoms with Gasteiger partial charge >= 0.3 is 5.97 Å². The van der Waals surface area contributed by atoms with Crippen molar-refractivity contribution in [3.8, 4) is 5.75 Å². The van der Waals surface area contributed by atoms with Gasteiger partial charge < -0.3 is 14.8 Å². The van der Waals surface area contributed by atoms with Crippen LogP contribution in [0.5, 0.6) is 5.75 Å². The fraction of sp³-hybridized carbons (Fsp3) is 0.588. The molecule has 0 amide bonds. The standard InChI is InChI=1S/C17H27NO3/c1-5-6-9-20-17(19)12-21-16-8-7-14(4)10-15(16)11-18-13(2)3/h7-8,10,13,18H,5-6,9,11-12H2,1-4H3. The van der Waals surface area contributed by atoms with Gasteiger partial charge in [0.2, 0.25) is 0 Å². The lowest BCUT2D eigenvalue weighted by Crippen LogP contribution is -2.23. The molecule has 118 valence electrons. The van der Waals surface area contributed by atoms with Gasteiger partial charge in [0.15, 0.2) is 6.61 Å². The van der Waals surface area contributed by atoms with Gasteiger partial charge in [0.25, 0.3) is 0 Å². The molecule has 0 atom stereocenters. The summed E-state index contributed by atoms with van der Waals surface area (Å²) in [5.74, 6) is 0.424. The monoisotopic (exact) mass is 293 g/mol. The van der Waals surface area contributed by atoms with E-state index in [2.05, 4.69) is 32.2 Å². The SMILES string of the molecule is CCCCOC(=O)COc1ccc(C)cc1CNC(C)C. The van der Waals surface area contributed by atoms with E-state index in [0.29, 0.717) is 12.6 Å². The van der Waals surface area contributed by atoms with Crippen molar-refractivity contribution in [1.29, 1.82) is 0 Å². The predicted molar refractivity (Wildman–Crippen MR) is 84.5 cm³/mol. The highest BCUT2D eigenvalue weighted by atomic mass is 16.6. The van der Waals surface area contributed by atoms with E-state index in [1.165, 1.54) is 5.56 Å². The van der Waals surface area contributed by atoms with E-state index in [4.69, 9.17) is 9.47 Å². The van der Waals surface area contributed by atoms with E-state index in [-0.39, 0.29) is 12.6 Å². The highest BCUT2D eigenvalue weighted by Crippen LogP contribution is 2.20. The number of carbonyl (C=O) groups is 1. The second kappa shape index (κ2) is 9.40. The summed E-state index contributed by atoms with van der Waals surface area (Å²) in [4.78, 5) is 11.6. The molecule has 0 saturated heterocycles. The number of esters is 1. The first-order valence-corrected chi connectivity index (χ1v) is 7.64. The average Bonchev–Trinajstić information content (AvgIpc) is 2.44. The van der Waals surface area contributed by atoms with Crippen molar-refractivity contribution in [3.63, 3.8) is 0 Å². The van der Waals surface area contributed by atoms with Crippen molar-refractivity contribution < 1.29 is 14.3 Å². The topological polar surface area (TPSA) is 47.6 Å². The van der Waals surface area contributed by atoms with E-state index in [1.54, 1.807) is 0 Å². The molecule has 1 rings (SSSR count). The van der Waals surface area contributed by atoms with E-state index >= 15 is 0 Å². The van der Waals surface area contributed by atoms with Crippen LogP contribution in [0.1, 0.15) is 44.7 Å². The highest BCUT2D eigenvalue weighted by molar-refractivity contribution is 5.71. The van der Waals surface area contributed by atoms with Gasteiger partial charge in [0, 0.05) is 18.2 Å². The molecule has 0 aliphatic rings. The molecule has 0 saturated carbocycles. The second-order valence-corrected chi connectivity index (χ2v) is 5.51. The van der Waals surface area contributed by atoms with Crippen LogP contribution in [0, 0.1) is 6.92 Å². The first-order chi connectivity index (χ1) is 10.0.